The number of hydrogen-bond acceptors (Lipinski definition) is 4. The number of halogens is 1. The van der Waals surface area contributed by atoms with Gasteiger partial charge in [0.15, 0.2) is 5.82 Å². The van der Waals surface area contributed by atoms with Crippen LogP contribution in [0.3, 0.4) is 0 Å². The van der Waals surface area contributed by atoms with Gasteiger partial charge in [-0.3, -0.25) is 4.79 Å². The number of amides is 1. The summed E-state index contributed by atoms with van der Waals surface area (Å²) in [6, 6.07) is 23.0. The summed E-state index contributed by atoms with van der Waals surface area (Å²) in [6.07, 6.45) is 1.61. The number of nitrogens with zero attached hydrogens (tertiary/aromatic N) is 2. The molecule has 32 heavy (non-hydrogen) atoms. The molecule has 0 bridgehead atoms. The third-order valence-corrected chi connectivity index (χ3v) is 5.06. The van der Waals surface area contributed by atoms with Gasteiger partial charge in [0.1, 0.15) is 11.6 Å². The van der Waals surface area contributed by atoms with Crippen molar-refractivity contribution in [3.05, 3.63) is 108 Å². The summed E-state index contributed by atoms with van der Waals surface area (Å²) in [5.74, 6) is 0.452. The molecule has 2 N–H and O–H groups in total. The van der Waals surface area contributed by atoms with E-state index in [1.165, 1.54) is 17.7 Å². The second-order valence-corrected chi connectivity index (χ2v) is 7.59. The molecule has 6 heteroatoms. The first kappa shape index (κ1) is 21.2. The minimum atomic E-state index is -0.344. The highest BCUT2D eigenvalue weighted by Crippen LogP contribution is 2.21. The molecule has 1 unspecified atom stereocenters. The summed E-state index contributed by atoms with van der Waals surface area (Å²) in [5, 5.41) is 6.22. The van der Waals surface area contributed by atoms with E-state index >= 15 is 0 Å². The van der Waals surface area contributed by atoms with Crippen LogP contribution in [0.15, 0.2) is 85.1 Å². The summed E-state index contributed by atoms with van der Waals surface area (Å²) in [5.41, 5.74) is 4.06. The number of aryl methyl sites for hydroxylation is 1. The van der Waals surface area contributed by atoms with Crippen molar-refractivity contribution in [1.29, 1.82) is 0 Å². The molecular formula is C26H23FN4O. The van der Waals surface area contributed by atoms with E-state index in [0.717, 1.165) is 5.56 Å². The Labute approximate surface area is 186 Å². The number of nitrogens with one attached hydrogen (secondary N) is 2. The van der Waals surface area contributed by atoms with Crippen LogP contribution in [0.1, 0.15) is 34.5 Å². The third-order valence-electron chi connectivity index (χ3n) is 5.06. The second-order valence-electron chi connectivity index (χ2n) is 7.59. The minimum absolute atomic E-state index is 0.115. The van der Waals surface area contributed by atoms with E-state index in [9.17, 15) is 9.18 Å². The standard InChI is InChI=1S/C26H23FN4O/c1-17-9-11-19(12-10-17)18(2)29-26(32)21-6-4-8-23(16-21)30-24-13-14-28-25(31-24)20-5-3-7-22(27)15-20/h3-16,18H,1-2H3,(H,29,32)(H,28,30,31). The highest BCUT2D eigenvalue weighted by molar-refractivity contribution is 5.95. The Morgan fingerprint density at radius 1 is 0.969 bits per heavy atom. The van der Waals surface area contributed by atoms with Crippen LogP contribution in [0.4, 0.5) is 15.9 Å². The summed E-state index contributed by atoms with van der Waals surface area (Å²) in [6.45, 7) is 3.99. The van der Waals surface area contributed by atoms with Crippen molar-refractivity contribution in [2.45, 2.75) is 19.9 Å². The van der Waals surface area contributed by atoms with Gasteiger partial charge in [-0.1, -0.05) is 48.0 Å². The van der Waals surface area contributed by atoms with E-state index in [-0.39, 0.29) is 17.8 Å². The van der Waals surface area contributed by atoms with Crippen LogP contribution >= 0.6 is 0 Å². The van der Waals surface area contributed by atoms with Crippen molar-refractivity contribution in [1.82, 2.24) is 15.3 Å². The number of aromatic nitrogens is 2. The van der Waals surface area contributed by atoms with Crippen molar-refractivity contribution in [2.24, 2.45) is 0 Å². The van der Waals surface area contributed by atoms with Crippen LogP contribution in [0.2, 0.25) is 0 Å². The molecule has 4 aromatic rings. The lowest BCUT2D eigenvalue weighted by Gasteiger charge is -2.15. The smallest absolute Gasteiger partial charge is 0.251 e. The Bertz CT molecular complexity index is 1240. The maximum absolute atomic E-state index is 13.5. The zero-order valence-electron chi connectivity index (χ0n) is 17.8. The lowest BCUT2D eigenvalue weighted by Crippen LogP contribution is -2.26. The fourth-order valence-electron chi connectivity index (χ4n) is 3.30. The predicted molar refractivity (Wildman–Crippen MR) is 124 cm³/mol. The number of benzene rings is 3. The molecule has 1 amide bonds. The maximum Gasteiger partial charge on any atom is 0.251 e. The van der Waals surface area contributed by atoms with Gasteiger partial charge >= 0.3 is 0 Å². The van der Waals surface area contributed by atoms with Gasteiger partial charge in [-0.2, -0.15) is 0 Å². The lowest BCUT2D eigenvalue weighted by molar-refractivity contribution is 0.0940. The monoisotopic (exact) mass is 426 g/mol. The molecule has 0 aliphatic heterocycles. The first-order valence-electron chi connectivity index (χ1n) is 10.3. The Morgan fingerprint density at radius 2 is 1.75 bits per heavy atom. The largest absolute Gasteiger partial charge is 0.346 e. The highest BCUT2D eigenvalue weighted by Gasteiger charge is 2.12. The van der Waals surface area contributed by atoms with Crippen LogP contribution in [-0.2, 0) is 0 Å². The van der Waals surface area contributed by atoms with Crippen LogP contribution < -0.4 is 10.6 Å². The average Bonchev–Trinajstić information content (AvgIpc) is 2.80. The molecule has 1 heterocycles. The van der Waals surface area contributed by atoms with Crippen molar-refractivity contribution < 1.29 is 9.18 Å². The molecule has 0 spiro atoms. The van der Waals surface area contributed by atoms with E-state index in [4.69, 9.17) is 0 Å². The number of carbonyl (C=O) groups is 1. The van der Waals surface area contributed by atoms with Crippen LogP contribution in [0, 0.1) is 12.7 Å². The summed E-state index contributed by atoms with van der Waals surface area (Å²) in [7, 11) is 0. The number of hydrogen-bond donors (Lipinski definition) is 2. The van der Waals surface area contributed by atoms with E-state index < -0.39 is 0 Å². The SMILES string of the molecule is Cc1ccc(C(C)NC(=O)c2cccc(Nc3ccnc(-c4cccc(F)c4)n3)c2)cc1. The zero-order chi connectivity index (χ0) is 22.5. The Hall–Kier alpha value is -4.06. The van der Waals surface area contributed by atoms with E-state index in [1.807, 2.05) is 50.2 Å². The van der Waals surface area contributed by atoms with Gasteiger partial charge in [0, 0.05) is 23.0 Å². The molecule has 0 aliphatic carbocycles. The molecule has 0 radical (unpaired) electrons. The molecule has 1 aromatic heterocycles. The minimum Gasteiger partial charge on any atom is -0.346 e. The molecule has 4 rings (SSSR count). The quantitative estimate of drug-likeness (QED) is 0.407. The topological polar surface area (TPSA) is 66.9 Å². The van der Waals surface area contributed by atoms with E-state index in [0.29, 0.717) is 28.5 Å². The van der Waals surface area contributed by atoms with Gasteiger partial charge < -0.3 is 10.6 Å². The van der Waals surface area contributed by atoms with Gasteiger partial charge in [0.05, 0.1) is 6.04 Å². The molecule has 0 fully saturated rings. The summed E-state index contributed by atoms with van der Waals surface area (Å²) < 4.78 is 13.5. The third kappa shape index (κ3) is 5.16. The first-order chi connectivity index (χ1) is 15.5. The maximum atomic E-state index is 13.5. The van der Waals surface area contributed by atoms with E-state index in [1.54, 1.807) is 36.5 Å². The lowest BCUT2D eigenvalue weighted by atomic mass is 10.1. The highest BCUT2D eigenvalue weighted by atomic mass is 19.1. The zero-order valence-corrected chi connectivity index (χ0v) is 17.8. The Kier molecular flexibility index (Phi) is 6.22. The molecule has 160 valence electrons. The summed E-state index contributed by atoms with van der Waals surface area (Å²) >= 11 is 0. The number of anilines is 2. The van der Waals surface area contributed by atoms with Crippen LogP contribution in [-0.4, -0.2) is 15.9 Å². The van der Waals surface area contributed by atoms with Crippen molar-refractivity contribution in [3.63, 3.8) is 0 Å². The fourth-order valence-corrected chi connectivity index (χ4v) is 3.30. The molecular weight excluding hydrogens is 403 g/mol. The van der Waals surface area contributed by atoms with E-state index in [2.05, 4.69) is 20.6 Å². The molecule has 0 saturated heterocycles. The molecule has 5 nitrogen and oxygen atoms in total. The van der Waals surface area contributed by atoms with Gasteiger partial charge in [0.2, 0.25) is 0 Å². The van der Waals surface area contributed by atoms with Crippen molar-refractivity contribution >= 4 is 17.4 Å². The van der Waals surface area contributed by atoms with Gasteiger partial charge in [0.25, 0.3) is 5.91 Å². The fraction of sp³-hybridized carbons (Fsp3) is 0.115. The summed E-state index contributed by atoms with van der Waals surface area (Å²) in [4.78, 5) is 21.5. The average molecular weight is 426 g/mol. The number of carbonyl (C=O) groups excluding carboxylic acids is 1. The predicted octanol–water partition coefficient (Wildman–Crippen LogP) is 5.83. The molecule has 0 aliphatic rings. The molecule has 1 atom stereocenters. The van der Waals surface area contributed by atoms with Gasteiger partial charge in [-0.25, -0.2) is 14.4 Å². The van der Waals surface area contributed by atoms with Crippen molar-refractivity contribution in [2.75, 3.05) is 5.32 Å². The van der Waals surface area contributed by atoms with Gasteiger partial charge in [-0.05, 0) is 55.8 Å². The molecule has 3 aromatic carbocycles. The second kappa shape index (κ2) is 9.39. The molecule has 0 saturated carbocycles. The van der Waals surface area contributed by atoms with Gasteiger partial charge in [-0.15, -0.1) is 0 Å². The van der Waals surface area contributed by atoms with Crippen LogP contribution in [0.25, 0.3) is 11.4 Å². The van der Waals surface area contributed by atoms with Crippen LogP contribution in [0.5, 0.6) is 0 Å². The normalized spacial score (nSPS) is 11.6. The Balaban J connectivity index is 1.48. The Morgan fingerprint density at radius 3 is 2.53 bits per heavy atom. The van der Waals surface area contributed by atoms with Crippen molar-refractivity contribution in [3.8, 4) is 11.4 Å². The first-order valence-corrected chi connectivity index (χ1v) is 10.3. The number of rotatable bonds is 6.